The Hall–Kier alpha value is -3.39. The summed E-state index contributed by atoms with van der Waals surface area (Å²) in [5, 5.41) is 12.1. The SMILES string of the molecule is CN(C(=O)CC(C)(C)NC(=O)OCC1c2ccccc2-c2ccccc21)C1COCC1C(=O)O. The second kappa shape index (κ2) is 9.46. The van der Waals surface area contributed by atoms with Crippen molar-refractivity contribution in [2.24, 2.45) is 5.92 Å². The number of alkyl carbamates (subject to hydrolysis) is 1. The average molecular weight is 467 g/mol. The summed E-state index contributed by atoms with van der Waals surface area (Å²) in [5.41, 5.74) is 3.67. The van der Waals surface area contributed by atoms with Crippen LogP contribution in [-0.2, 0) is 19.1 Å². The first-order chi connectivity index (χ1) is 16.2. The molecule has 0 aromatic heterocycles. The molecule has 2 aromatic carbocycles. The Balaban J connectivity index is 1.35. The van der Waals surface area contributed by atoms with E-state index in [0.29, 0.717) is 0 Å². The molecule has 2 aromatic rings. The molecule has 1 saturated heterocycles. The summed E-state index contributed by atoms with van der Waals surface area (Å²) in [6.45, 7) is 3.92. The minimum absolute atomic E-state index is 0.00344. The van der Waals surface area contributed by atoms with Gasteiger partial charge in [-0.2, -0.15) is 0 Å². The van der Waals surface area contributed by atoms with Crippen LogP contribution in [0, 0.1) is 5.92 Å². The minimum Gasteiger partial charge on any atom is -0.481 e. The lowest BCUT2D eigenvalue weighted by atomic mass is 9.97. The van der Waals surface area contributed by atoms with Crippen LogP contribution >= 0.6 is 0 Å². The van der Waals surface area contributed by atoms with Crippen LogP contribution in [0.2, 0.25) is 0 Å². The first-order valence-electron chi connectivity index (χ1n) is 11.4. The number of hydrogen-bond acceptors (Lipinski definition) is 5. The van der Waals surface area contributed by atoms with E-state index >= 15 is 0 Å². The van der Waals surface area contributed by atoms with E-state index in [1.54, 1.807) is 20.9 Å². The molecule has 180 valence electrons. The highest BCUT2D eigenvalue weighted by Gasteiger charge is 2.39. The van der Waals surface area contributed by atoms with Crippen molar-refractivity contribution in [1.82, 2.24) is 10.2 Å². The van der Waals surface area contributed by atoms with E-state index in [1.165, 1.54) is 4.90 Å². The zero-order chi connectivity index (χ0) is 24.5. The van der Waals surface area contributed by atoms with Gasteiger partial charge < -0.3 is 24.8 Å². The van der Waals surface area contributed by atoms with Crippen molar-refractivity contribution in [2.75, 3.05) is 26.9 Å². The summed E-state index contributed by atoms with van der Waals surface area (Å²) in [4.78, 5) is 38.3. The van der Waals surface area contributed by atoms with Crippen molar-refractivity contribution < 1.29 is 29.0 Å². The number of carboxylic acids is 1. The van der Waals surface area contributed by atoms with Crippen LogP contribution in [0.15, 0.2) is 48.5 Å². The standard InChI is InChI=1S/C26H30N2O6/c1-26(2,12-23(29)28(3)22-15-33-13-21(22)24(30)31)27-25(32)34-14-20-18-10-6-4-8-16(18)17-9-5-7-11-19(17)20/h4-11,20-22H,12-15H2,1-3H3,(H,27,32)(H,30,31). The Bertz CT molecular complexity index is 1050. The van der Waals surface area contributed by atoms with E-state index in [4.69, 9.17) is 9.47 Å². The fraction of sp³-hybridized carbons (Fsp3) is 0.423. The van der Waals surface area contributed by atoms with Gasteiger partial charge in [0, 0.05) is 24.9 Å². The molecular formula is C26H30N2O6. The first kappa shape index (κ1) is 23.8. The molecule has 0 saturated carbocycles. The molecule has 0 bridgehead atoms. The number of hydrogen-bond donors (Lipinski definition) is 2. The van der Waals surface area contributed by atoms with Gasteiger partial charge in [-0.05, 0) is 36.1 Å². The Kier molecular flexibility index (Phi) is 6.61. The molecule has 1 fully saturated rings. The van der Waals surface area contributed by atoms with E-state index in [1.807, 2.05) is 24.3 Å². The van der Waals surface area contributed by atoms with Gasteiger partial charge in [-0.3, -0.25) is 9.59 Å². The van der Waals surface area contributed by atoms with Gasteiger partial charge in [0.25, 0.3) is 0 Å². The van der Waals surface area contributed by atoms with Crippen LogP contribution in [0.4, 0.5) is 4.79 Å². The normalized spacial score (nSPS) is 19.3. The number of amides is 2. The molecule has 2 atom stereocenters. The van der Waals surface area contributed by atoms with Crippen molar-refractivity contribution in [3.8, 4) is 11.1 Å². The predicted octanol–water partition coefficient (Wildman–Crippen LogP) is 3.25. The molecule has 4 rings (SSSR count). The number of ether oxygens (including phenoxy) is 2. The lowest BCUT2D eigenvalue weighted by molar-refractivity contribution is -0.144. The Morgan fingerprint density at radius 2 is 1.65 bits per heavy atom. The van der Waals surface area contributed by atoms with Crippen molar-refractivity contribution in [3.05, 3.63) is 59.7 Å². The molecule has 34 heavy (non-hydrogen) atoms. The number of carboxylic acid groups (broad SMARTS) is 1. The minimum atomic E-state index is -0.988. The van der Waals surface area contributed by atoms with Crippen LogP contribution < -0.4 is 5.32 Å². The molecule has 8 heteroatoms. The second-order valence-corrected chi connectivity index (χ2v) is 9.57. The van der Waals surface area contributed by atoms with Crippen LogP contribution in [0.25, 0.3) is 11.1 Å². The van der Waals surface area contributed by atoms with Gasteiger partial charge >= 0.3 is 12.1 Å². The molecular weight excluding hydrogens is 436 g/mol. The number of nitrogens with zero attached hydrogens (tertiary/aromatic N) is 1. The molecule has 2 unspecified atom stereocenters. The van der Waals surface area contributed by atoms with E-state index in [-0.39, 0.29) is 38.1 Å². The molecule has 0 radical (unpaired) electrons. The first-order valence-corrected chi connectivity index (χ1v) is 11.4. The maximum atomic E-state index is 12.8. The lowest BCUT2D eigenvalue weighted by Gasteiger charge is -2.31. The summed E-state index contributed by atoms with van der Waals surface area (Å²) >= 11 is 0. The topological polar surface area (TPSA) is 105 Å². The third kappa shape index (κ3) is 4.77. The number of fused-ring (bicyclic) bond motifs is 3. The highest BCUT2D eigenvalue weighted by Crippen LogP contribution is 2.44. The highest BCUT2D eigenvalue weighted by molar-refractivity contribution is 5.81. The molecule has 8 nitrogen and oxygen atoms in total. The Morgan fingerprint density at radius 3 is 2.24 bits per heavy atom. The van der Waals surface area contributed by atoms with Crippen LogP contribution in [-0.4, -0.2) is 66.4 Å². The maximum Gasteiger partial charge on any atom is 0.407 e. The molecule has 1 heterocycles. The number of rotatable bonds is 7. The van der Waals surface area contributed by atoms with E-state index in [0.717, 1.165) is 22.3 Å². The maximum absolute atomic E-state index is 12.8. The Labute approximate surface area is 198 Å². The molecule has 0 spiro atoms. The van der Waals surface area contributed by atoms with Gasteiger partial charge in [-0.25, -0.2) is 4.79 Å². The summed E-state index contributed by atoms with van der Waals surface area (Å²) in [6.07, 6.45) is -0.605. The van der Waals surface area contributed by atoms with Crippen molar-refractivity contribution in [3.63, 3.8) is 0 Å². The van der Waals surface area contributed by atoms with Gasteiger partial charge in [0.2, 0.25) is 5.91 Å². The van der Waals surface area contributed by atoms with E-state index < -0.39 is 29.6 Å². The largest absolute Gasteiger partial charge is 0.481 e. The zero-order valence-corrected chi connectivity index (χ0v) is 19.6. The number of benzene rings is 2. The van der Waals surface area contributed by atoms with Gasteiger partial charge in [-0.15, -0.1) is 0 Å². The van der Waals surface area contributed by atoms with Gasteiger partial charge in [0.15, 0.2) is 0 Å². The lowest BCUT2D eigenvalue weighted by Crippen LogP contribution is -2.50. The number of carbonyl (C=O) groups excluding carboxylic acids is 2. The number of aliphatic carboxylic acids is 1. The van der Waals surface area contributed by atoms with Crippen molar-refractivity contribution in [2.45, 2.75) is 37.8 Å². The molecule has 2 aliphatic rings. The number of likely N-dealkylation sites (N-methyl/N-ethyl adjacent to an activating group) is 1. The van der Waals surface area contributed by atoms with E-state index in [9.17, 15) is 19.5 Å². The third-order valence-corrected chi connectivity index (χ3v) is 6.64. The monoisotopic (exact) mass is 466 g/mol. The van der Waals surface area contributed by atoms with Crippen LogP contribution in [0.1, 0.15) is 37.3 Å². The van der Waals surface area contributed by atoms with Crippen molar-refractivity contribution in [1.29, 1.82) is 0 Å². The number of nitrogens with one attached hydrogen (secondary N) is 1. The van der Waals surface area contributed by atoms with E-state index in [2.05, 4.69) is 29.6 Å². The zero-order valence-electron chi connectivity index (χ0n) is 19.6. The van der Waals surface area contributed by atoms with Gasteiger partial charge in [0.05, 0.1) is 19.3 Å². The fourth-order valence-corrected chi connectivity index (χ4v) is 4.80. The van der Waals surface area contributed by atoms with Crippen LogP contribution in [0.3, 0.4) is 0 Å². The highest BCUT2D eigenvalue weighted by atomic mass is 16.5. The molecule has 2 N–H and O–H groups in total. The smallest absolute Gasteiger partial charge is 0.407 e. The summed E-state index contributed by atoms with van der Waals surface area (Å²) in [7, 11) is 1.57. The molecule has 1 aliphatic heterocycles. The average Bonchev–Trinajstić information content (AvgIpc) is 3.40. The van der Waals surface area contributed by atoms with Gasteiger partial charge in [-0.1, -0.05) is 48.5 Å². The number of carbonyl (C=O) groups is 3. The van der Waals surface area contributed by atoms with Crippen LogP contribution in [0.5, 0.6) is 0 Å². The Morgan fingerprint density at radius 1 is 1.06 bits per heavy atom. The summed E-state index contributed by atoms with van der Waals surface area (Å²) in [5.74, 6) is -2.07. The van der Waals surface area contributed by atoms with Gasteiger partial charge in [0.1, 0.15) is 12.5 Å². The fourth-order valence-electron chi connectivity index (χ4n) is 4.80. The second-order valence-electron chi connectivity index (χ2n) is 9.57. The molecule has 1 aliphatic carbocycles. The summed E-state index contributed by atoms with van der Waals surface area (Å²) < 4.78 is 10.9. The quantitative estimate of drug-likeness (QED) is 0.649. The summed E-state index contributed by atoms with van der Waals surface area (Å²) in [6, 6.07) is 15.7. The predicted molar refractivity (Wildman–Crippen MR) is 125 cm³/mol. The molecule has 2 amide bonds. The third-order valence-electron chi connectivity index (χ3n) is 6.64. The van der Waals surface area contributed by atoms with Crippen molar-refractivity contribution >= 4 is 18.0 Å².